The maximum Gasteiger partial charge on any atom is 0.410 e. The summed E-state index contributed by atoms with van der Waals surface area (Å²) >= 11 is 0. The van der Waals surface area contributed by atoms with Gasteiger partial charge in [0.1, 0.15) is 6.61 Å². The molecule has 1 aromatic heterocycles. The summed E-state index contributed by atoms with van der Waals surface area (Å²) in [7, 11) is 0. The number of carbonyl (C=O) groups is 2. The monoisotopic (exact) mass is 344 g/mol. The summed E-state index contributed by atoms with van der Waals surface area (Å²) in [5.41, 5.74) is 1.60. The lowest BCUT2D eigenvalue weighted by atomic mass is 10.2. The molecule has 1 fully saturated rings. The molecular weight excluding hydrogens is 324 g/mol. The quantitative estimate of drug-likeness (QED) is 0.897. The molecule has 0 bridgehead atoms. The fraction of sp³-hybridized carbons (Fsp3) is 0.333. The van der Waals surface area contributed by atoms with Crippen LogP contribution in [0.2, 0.25) is 0 Å². The first kappa shape index (κ1) is 17.0. The minimum Gasteiger partial charge on any atom is -0.475 e. The van der Waals surface area contributed by atoms with Crippen LogP contribution in [0, 0.1) is 0 Å². The second-order valence-corrected chi connectivity index (χ2v) is 5.88. The van der Waals surface area contributed by atoms with Crippen molar-refractivity contribution in [2.75, 3.05) is 26.2 Å². The van der Waals surface area contributed by atoms with Crippen molar-refractivity contribution >= 4 is 12.1 Å². The minimum atomic E-state index is -1.07. The van der Waals surface area contributed by atoms with E-state index in [9.17, 15) is 9.59 Å². The third-order valence-corrected chi connectivity index (χ3v) is 4.17. The predicted octanol–water partition coefficient (Wildman–Crippen LogP) is 2.43. The third kappa shape index (κ3) is 4.39. The molecule has 0 unspecified atom stereocenters. The predicted molar refractivity (Wildman–Crippen MR) is 89.1 cm³/mol. The van der Waals surface area contributed by atoms with E-state index in [4.69, 9.17) is 14.3 Å². The van der Waals surface area contributed by atoms with Crippen LogP contribution in [0.25, 0.3) is 0 Å². The smallest absolute Gasteiger partial charge is 0.410 e. The van der Waals surface area contributed by atoms with Crippen molar-refractivity contribution in [3.8, 4) is 0 Å². The summed E-state index contributed by atoms with van der Waals surface area (Å²) in [6, 6.07) is 11.2. The van der Waals surface area contributed by atoms with Gasteiger partial charge < -0.3 is 19.2 Å². The highest BCUT2D eigenvalue weighted by molar-refractivity contribution is 5.86. The van der Waals surface area contributed by atoms with Crippen molar-refractivity contribution in [2.24, 2.45) is 0 Å². The zero-order valence-electron chi connectivity index (χ0n) is 13.8. The molecule has 1 aromatic carbocycles. The summed E-state index contributed by atoms with van der Waals surface area (Å²) in [6.45, 7) is 3.17. The van der Waals surface area contributed by atoms with Gasteiger partial charge in [0.2, 0.25) is 5.76 Å². The fourth-order valence-electron chi connectivity index (χ4n) is 2.79. The Morgan fingerprint density at radius 3 is 2.48 bits per heavy atom. The van der Waals surface area contributed by atoms with E-state index in [-0.39, 0.29) is 18.5 Å². The van der Waals surface area contributed by atoms with E-state index in [2.05, 4.69) is 4.90 Å². The highest BCUT2D eigenvalue weighted by atomic mass is 16.6. The van der Waals surface area contributed by atoms with Gasteiger partial charge in [0.05, 0.1) is 6.26 Å². The minimum absolute atomic E-state index is 0.0234. The van der Waals surface area contributed by atoms with Crippen LogP contribution >= 0.6 is 0 Å². The molecule has 7 nitrogen and oxygen atoms in total. The van der Waals surface area contributed by atoms with Crippen LogP contribution in [-0.2, 0) is 17.9 Å². The van der Waals surface area contributed by atoms with Crippen LogP contribution in [0.4, 0.5) is 4.79 Å². The van der Waals surface area contributed by atoms with Gasteiger partial charge in [0, 0.05) is 38.3 Å². The molecule has 0 radical (unpaired) electrons. The number of benzene rings is 1. The molecule has 7 heteroatoms. The lowest BCUT2D eigenvalue weighted by Gasteiger charge is -2.33. The molecule has 1 aliphatic rings. The summed E-state index contributed by atoms with van der Waals surface area (Å²) in [5, 5.41) is 9.07. The number of rotatable bonds is 5. The van der Waals surface area contributed by atoms with E-state index in [0.29, 0.717) is 38.3 Å². The standard InChI is InChI=1S/C18H20N2O5/c21-17(22)16-15(6-11-24-16)12-19-7-9-20(10-8-19)18(23)25-13-14-4-2-1-3-5-14/h1-6,11H,7-10,12-13H2,(H,21,22). The van der Waals surface area contributed by atoms with Crippen molar-refractivity contribution in [3.05, 3.63) is 59.5 Å². The normalized spacial score (nSPS) is 15.1. The number of furan rings is 1. The first-order valence-electron chi connectivity index (χ1n) is 8.11. The molecule has 0 aliphatic carbocycles. The van der Waals surface area contributed by atoms with E-state index in [1.165, 1.54) is 6.26 Å². The molecule has 132 valence electrons. The molecule has 0 atom stereocenters. The highest BCUT2D eigenvalue weighted by Gasteiger charge is 2.24. The molecule has 0 spiro atoms. The SMILES string of the molecule is O=C(O)c1occc1CN1CCN(C(=O)OCc2ccccc2)CC1. The largest absolute Gasteiger partial charge is 0.475 e. The van der Waals surface area contributed by atoms with Gasteiger partial charge in [0.15, 0.2) is 0 Å². The van der Waals surface area contributed by atoms with Gasteiger partial charge in [0.25, 0.3) is 0 Å². The molecular formula is C18H20N2O5. The highest BCUT2D eigenvalue weighted by Crippen LogP contribution is 2.15. The molecule has 1 saturated heterocycles. The topological polar surface area (TPSA) is 83.2 Å². The number of hydrogen-bond donors (Lipinski definition) is 1. The zero-order chi connectivity index (χ0) is 17.6. The third-order valence-electron chi connectivity index (χ3n) is 4.17. The molecule has 25 heavy (non-hydrogen) atoms. The van der Waals surface area contributed by atoms with Gasteiger partial charge in [-0.2, -0.15) is 0 Å². The Morgan fingerprint density at radius 1 is 1.08 bits per heavy atom. The van der Waals surface area contributed by atoms with Gasteiger partial charge in [-0.3, -0.25) is 4.90 Å². The Kier molecular flexibility index (Phi) is 5.35. The second kappa shape index (κ2) is 7.85. The number of ether oxygens (including phenoxy) is 1. The summed E-state index contributed by atoms with van der Waals surface area (Å²) < 4.78 is 10.3. The molecule has 2 heterocycles. The summed E-state index contributed by atoms with van der Waals surface area (Å²) in [5.74, 6) is -1.09. The van der Waals surface area contributed by atoms with Crippen LogP contribution in [0.1, 0.15) is 21.7 Å². The van der Waals surface area contributed by atoms with Gasteiger partial charge in [-0.1, -0.05) is 30.3 Å². The van der Waals surface area contributed by atoms with E-state index in [1.54, 1.807) is 11.0 Å². The number of piperazine rings is 1. The average molecular weight is 344 g/mol. The zero-order valence-corrected chi connectivity index (χ0v) is 13.8. The van der Waals surface area contributed by atoms with Crippen LogP contribution < -0.4 is 0 Å². The number of amides is 1. The molecule has 2 aromatic rings. The second-order valence-electron chi connectivity index (χ2n) is 5.88. The van der Waals surface area contributed by atoms with Crippen molar-refractivity contribution in [1.29, 1.82) is 0 Å². The number of hydrogen-bond acceptors (Lipinski definition) is 5. The number of carboxylic acids is 1. The van der Waals surface area contributed by atoms with Crippen molar-refractivity contribution in [2.45, 2.75) is 13.2 Å². The lowest BCUT2D eigenvalue weighted by molar-refractivity contribution is 0.0651. The van der Waals surface area contributed by atoms with Crippen LogP contribution in [-0.4, -0.2) is 53.1 Å². The van der Waals surface area contributed by atoms with Gasteiger partial charge in [-0.15, -0.1) is 0 Å². The fourth-order valence-corrected chi connectivity index (χ4v) is 2.79. The Hall–Kier alpha value is -2.80. The number of carbonyl (C=O) groups excluding carboxylic acids is 1. The van der Waals surface area contributed by atoms with Crippen LogP contribution in [0.3, 0.4) is 0 Å². The molecule has 0 saturated carbocycles. The van der Waals surface area contributed by atoms with Crippen molar-refractivity contribution in [3.63, 3.8) is 0 Å². The van der Waals surface area contributed by atoms with Crippen molar-refractivity contribution in [1.82, 2.24) is 9.80 Å². The first-order valence-corrected chi connectivity index (χ1v) is 8.11. The maximum atomic E-state index is 12.1. The number of carboxylic acid groups (broad SMARTS) is 1. The van der Waals surface area contributed by atoms with Crippen LogP contribution in [0.5, 0.6) is 0 Å². The summed E-state index contributed by atoms with van der Waals surface area (Å²) in [6.07, 6.45) is 1.06. The Balaban J connectivity index is 1.46. The molecule has 1 N–H and O–H groups in total. The van der Waals surface area contributed by atoms with Crippen LogP contribution in [0.15, 0.2) is 47.1 Å². The van der Waals surface area contributed by atoms with E-state index < -0.39 is 5.97 Å². The van der Waals surface area contributed by atoms with Gasteiger partial charge in [-0.25, -0.2) is 9.59 Å². The average Bonchev–Trinajstić information content (AvgIpc) is 3.09. The Bertz CT molecular complexity index is 720. The van der Waals surface area contributed by atoms with E-state index in [1.807, 2.05) is 30.3 Å². The van der Waals surface area contributed by atoms with Crippen molar-refractivity contribution < 1.29 is 23.8 Å². The van der Waals surface area contributed by atoms with Gasteiger partial charge in [-0.05, 0) is 11.6 Å². The number of nitrogens with zero attached hydrogens (tertiary/aromatic N) is 2. The Morgan fingerprint density at radius 2 is 1.80 bits per heavy atom. The number of aromatic carboxylic acids is 1. The molecule has 1 amide bonds. The van der Waals surface area contributed by atoms with E-state index >= 15 is 0 Å². The van der Waals surface area contributed by atoms with Gasteiger partial charge >= 0.3 is 12.1 Å². The molecule has 1 aliphatic heterocycles. The molecule has 3 rings (SSSR count). The summed E-state index contributed by atoms with van der Waals surface area (Å²) in [4.78, 5) is 27.0. The Labute approximate surface area is 145 Å². The van der Waals surface area contributed by atoms with E-state index in [0.717, 1.165) is 5.56 Å². The first-order chi connectivity index (χ1) is 12.1. The maximum absolute atomic E-state index is 12.1. The lowest BCUT2D eigenvalue weighted by Crippen LogP contribution is -2.48.